The summed E-state index contributed by atoms with van der Waals surface area (Å²) in [6, 6.07) is 0. The van der Waals surface area contributed by atoms with Gasteiger partial charge in [-0.25, -0.2) is 0 Å². The number of hydrogen-bond donors (Lipinski definition) is 1. The Labute approximate surface area is 104 Å². The average Bonchev–Trinajstić information content (AvgIpc) is 2.30. The molecule has 2 atom stereocenters. The minimum Gasteiger partial charge on any atom is -0.330 e. The van der Waals surface area contributed by atoms with E-state index in [4.69, 9.17) is 5.73 Å². The molecule has 1 saturated carbocycles. The van der Waals surface area contributed by atoms with Crippen LogP contribution in [0.15, 0.2) is 0 Å². The number of nitrogens with zero attached hydrogens (tertiary/aromatic N) is 1. The van der Waals surface area contributed by atoms with Gasteiger partial charge in [0.25, 0.3) is 0 Å². The minimum atomic E-state index is 0.444. The van der Waals surface area contributed by atoms with Gasteiger partial charge >= 0.3 is 0 Å². The zero-order chi connectivity index (χ0) is 11.4. The van der Waals surface area contributed by atoms with E-state index in [1.165, 1.54) is 56.8 Å². The second-order valence-electron chi connectivity index (χ2n) is 5.79. The zero-order valence-corrected chi connectivity index (χ0v) is 11.4. The van der Waals surface area contributed by atoms with Gasteiger partial charge in [0.1, 0.15) is 0 Å². The molecular formula is C13H26N2S. The molecule has 2 unspecified atom stereocenters. The van der Waals surface area contributed by atoms with Crippen molar-refractivity contribution in [1.29, 1.82) is 0 Å². The molecule has 0 bridgehead atoms. The van der Waals surface area contributed by atoms with Crippen molar-refractivity contribution in [3.63, 3.8) is 0 Å². The fourth-order valence-electron chi connectivity index (χ4n) is 3.40. The molecule has 2 nitrogen and oxygen atoms in total. The first-order valence-electron chi connectivity index (χ1n) is 6.74. The Balaban J connectivity index is 1.91. The lowest BCUT2D eigenvalue weighted by Crippen LogP contribution is -2.47. The standard InChI is InChI=1S/C13H26N2S/c1-12-3-2-4-13(9-12,10-14)11-15-5-7-16-8-6-15/h12H,2-11,14H2,1H3. The summed E-state index contributed by atoms with van der Waals surface area (Å²) in [5.41, 5.74) is 6.53. The Hall–Kier alpha value is 0.270. The van der Waals surface area contributed by atoms with E-state index in [9.17, 15) is 0 Å². The van der Waals surface area contributed by atoms with E-state index in [2.05, 4.69) is 23.6 Å². The van der Waals surface area contributed by atoms with Crippen LogP contribution in [0.3, 0.4) is 0 Å². The van der Waals surface area contributed by atoms with Crippen LogP contribution in [0, 0.1) is 11.3 Å². The van der Waals surface area contributed by atoms with Gasteiger partial charge in [0.05, 0.1) is 0 Å². The third-order valence-electron chi connectivity index (χ3n) is 4.28. The molecular weight excluding hydrogens is 216 g/mol. The molecule has 3 heteroatoms. The molecule has 0 aromatic heterocycles. The first kappa shape index (κ1) is 12.7. The van der Waals surface area contributed by atoms with Crippen molar-refractivity contribution in [3.8, 4) is 0 Å². The molecule has 0 spiro atoms. The van der Waals surface area contributed by atoms with Gasteiger partial charge in [-0.05, 0) is 30.7 Å². The Kier molecular flexibility index (Phi) is 4.57. The predicted molar refractivity (Wildman–Crippen MR) is 72.9 cm³/mol. The minimum absolute atomic E-state index is 0.444. The largest absolute Gasteiger partial charge is 0.330 e. The fourth-order valence-corrected chi connectivity index (χ4v) is 4.37. The van der Waals surface area contributed by atoms with Gasteiger partial charge in [-0.2, -0.15) is 11.8 Å². The first-order chi connectivity index (χ1) is 7.74. The summed E-state index contributed by atoms with van der Waals surface area (Å²) in [4.78, 5) is 2.65. The molecule has 2 N–H and O–H groups in total. The van der Waals surface area contributed by atoms with Crippen LogP contribution in [0.25, 0.3) is 0 Å². The maximum Gasteiger partial charge on any atom is 0.00729 e. The lowest BCUT2D eigenvalue weighted by Gasteiger charge is -2.43. The van der Waals surface area contributed by atoms with Gasteiger partial charge in [0, 0.05) is 31.1 Å². The number of hydrogen-bond acceptors (Lipinski definition) is 3. The van der Waals surface area contributed by atoms with Crippen LogP contribution in [0.5, 0.6) is 0 Å². The predicted octanol–water partition coefficient (Wildman–Crippen LogP) is 2.19. The van der Waals surface area contributed by atoms with Crippen molar-refractivity contribution < 1.29 is 0 Å². The van der Waals surface area contributed by atoms with Crippen molar-refractivity contribution >= 4 is 11.8 Å². The van der Waals surface area contributed by atoms with Crippen LogP contribution in [-0.2, 0) is 0 Å². The molecule has 0 aromatic rings. The lowest BCUT2D eigenvalue weighted by atomic mass is 9.69. The summed E-state index contributed by atoms with van der Waals surface area (Å²) >= 11 is 2.09. The summed E-state index contributed by atoms with van der Waals surface area (Å²) < 4.78 is 0. The summed E-state index contributed by atoms with van der Waals surface area (Å²) in [7, 11) is 0. The molecule has 1 aliphatic heterocycles. The molecule has 2 rings (SSSR count). The van der Waals surface area contributed by atoms with Crippen molar-refractivity contribution in [2.45, 2.75) is 32.6 Å². The van der Waals surface area contributed by atoms with Crippen LogP contribution in [0.2, 0.25) is 0 Å². The van der Waals surface area contributed by atoms with E-state index in [1.54, 1.807) is 0 Å². The van der Waals surface area contributed by atoms with Crippen molar-refractivity contribution in [2.75, 3.05) is 37.7 Å². The summed E-state index contributed by atoms with van der Waals surface area (Å²) in [5, 5.41) is 0. The van der Waals surface area contributed by atoms with Crippen molar-refractivity contribution in [1.82, 2.24) is 4.90 Å². The van der Waals surface area contributed by atoms with Crippen LogP contribution in [0.1, 0.15) is 32.6 Å². The van der Waals surface area contributed by atoms with Crippen LogP contribution in [-0.4, -0.2) is 42.6 Å². The van der Waals surface area contributed by atoms with Gasteiger partial charge < -0.3 is 10.6 Å². The maximum absolute atomic E-state index is 6.09. The summed E-state index contributed by atoms with van der Waals surface area (Å²) in [5.74, 6) is 3.52. The first-order valence-corrected chi connectivity index (χ1v) is 7.90. The fraction of sp³-hybridized carbons (Fsp3) is 1.00. The Bertz CT molecular complexity index is 216. The maximum atomic E-state index is 6.09. The third kappa shape index (κ3) is 3.14. The van der Waals surface area contributed by atoms with E-state index in [0.29, 0.717) is 5.41 Å². The highest BCUT2D eigenvalue weighted by Gasteiger charge is 2.35. The van der Waals surface area contributed by atoms with Gasteiger partial charge in [-0.3, -0.25) is 0 Å². The Morgan fingerprint density at radius 3 is 2.75 bits per heavy atom. The van der Waals surface area contributed by atoms with E-state index < -0.39 is 0 Å². The van der Waals surface area contributed by atoms with Gasteiger partial charge in [-0.1, -0.05) is 19.8 Å². The zero-order valence-electron chi connectivity index (χ0n) is 10.6. The molecule has 0 amide bonds. The van der Waals surface area contributed by atoms with Crippen LogP contribution < -0.4 is 5.73 Å². The lowest BCUT2D eigenvalue weighted by molar-refractivity contribution is 0.0935. The Morgan fingerprint density at radius 2 is 2.12 bits per heavy atom. The van der Waals surface area contributed by atoms with Crippen LogP contribution in [0.4, 0.5) is 0 Å². The van der Waals surface area contributed by atoms with Gasteiger partial charge in [0.15, 0.2) is 0 Å². The molecule has 2 fully saturated rings. The monoisotopic (exact) mass is 242 g/mol. The molecule has 0 radical (unpaired) electrons. The second-order valence-corrected chi connectivity index (χ2v) is 7.02. The van der Waals surface area contributed by atoms with E-state index in [1.807, 2.05) is 0 Å². The second kappa shape index (κ2) is 5.74. The normalized spacial score (nSPS) is 37.5. The number of rotatable bonds is 3. The van der Waals surface area contributed by atoms with Gasteiger partial charge in [-0.15, -0.1) is 0 Å². The summed E-state index contributed by atoms with van der Waals surface area (Å²) in [6.07, 6.45) is 5.52. The van der Waals surface area contributed by atoms with Crippen LogP contribution >= 0.6 is 11.8 Å². The molecule has 0 aromatic carbocycles. The molecule has 1 saturated heterocycles. The molecule has 1 aliphatic carbocycles. The molecule has 2 aliphatic rings. The molecule has 94 valence electrons. The SMILES string of the molecule is CC1CCCC(CN)(CN2CCSCC2)C1. The van der Waals surface area contributed by atoms with E-state index >= 15 is 0 Å². The number of nitrogens with two attached hydrogens (primary N) is 1. The summed E-state index contributed by atoms with van der Waals surface area (Å²) in [6.45, 7) is 7.10. The smallest absolute Gasteiger partial charge is 0.00729 e. The third-order valence-corrected chi connectivity index (χ3v) is 5.22. The average molecular weight is 242 g/mol. The quantitative estimate of drug-likeness (QED) is 0.822. The highest BCUT2D eigenvalue weighted by Crippen LogP contribution is 2.39. The Morgan fingerprint density at radius 1 is 1.38 bits per heavy atom. The molecule has 16 heavy (non-hydrogen) atoms. The van der Waals surface area contributed by atoms with Crippen molar-refractivity contribution in [2.24, 2.45) is 17.1 Å². The van der Waals surface area contributed by atoms with E-state index in [-0.39, 0.29) is 0 Å². The number of thioether (sulfide) groups is 1. The van der Waals surface area contributed by atoms with E-state index in [0.717, 1.165) is 12.5 Å². The topological polar surface area (TPSA) is 29.3 Å². The highest BCUT2D eigenvalue weighted by atomic mass is 32.2. The van der Waals surface area contributed by atoms with Crippen molar-refractivity contribution in [3.05, 3.63) is 0 Å². The highest BCUT2D eigenvalue weighted by molar-refractivity contribution is 7.99. The molecule has 1 heterocycles. The van der Waals surface area contributed by atoms with Gasteiger partial charge in [0.2, 0.25) is 0 Å².